The number of anilines is 1. The summed E-state index contributed by atoms with van der Waals surface area (Å²) in [6.07, 6.45) is 3.88. The molecule has 19 heavy (non-hydrogen) atoms. The second-order valence-electron chi connectivity index (χ2n) is 5.24. The molecule has 106 valence electrons. The van der Waals surface area contributed by atoms with Crippen molar-refractivity contribution in [3.63, 3.8) is 0 Å². The highest BCUT2D eigenvalue weighted by atomic mass is 35.5. The first kappa shape index (κ1) is 14.6. The fourth-order valence-corrected chi connectivity index (χ4v) is 2.79. The number of hydrogen-bond acceptors (Lipinski definition) is 3. The van der Waals surface area contributed by atoms with E-state index in [9.17, 15) is 0 Å². The third-order valence-corrected chi connectivity index (χ3v) is 4.21. The lowest BCUT2D eigenvalue weighted by molar-refractivity contribution is 0.403. The Bertz CT molecular complexity index is 408. The van der Waals surface area contributed by atoms with Crippen molar-refractivity contribution < 1.29 is 0 Å². The lowest BCUT2D eigenvalue weighted by Crippen LogP contribution is -2.35. The summed E-state index contributed by atoms with van der Waals surface area (Å²) in [6, 6.07) is 4.03. The van der Waals surface area contributed by atoms with Crippen LogP contribution in [0.5, 0.6) is 0 Å². The molecule has 1 aromatic rings. The number of nitrogens with one attached hydrogen (secondary N) is 1. The molecule has 1 N–H and O–H groups in total. The van der Waals surface area contributed by atoms with Gasteiger partial charge in [0.05, 0.1) is 10.7 Å². The highest BCUT2D eigenvalue weighted by molar-refractivity contribution is 6.31. The average molecular weight is 282 g/mol. The van der Waals surface area contributed by atoms with E-state index in [0.717, 1.165) is 48.6 Å². The van der Waals surface area contributed by atoms with E-state index in [2.05, 4.69) is 30.1 Å². The monoisotopic (exact) mass is 281 g/mol. The van der Waals surface area contributed by atoms with Crippen molar-refractivity contribution in [2.75, 3.05) is 24.5 Å². The molecule has 0 amide bonds. The van der Waals surface area contributed by atoms with Gasteiger partial charge in [-0.2, -0.15) is 0 Å². The van der Waals surface area contributed by atoms with Crippen LogP contribution in [0, 0.1) is 5.92 Å². The molecule has 1 aromatic heterocycles. The first-order valence-corrected chi connectivity index (χ1v) is 7.73. The number of pyridine rings is 1. The van der Waals surface area contributed by atoms with Crippen molar-refractivity contribution in [1.29, 1.82) is 0 Å². The van der Waals surface area contributed by atoms with Gasteiger partial charge in [0.2, 0.25) is 0 Å². The van der Waals surface area contributed by atoms with Crippen molar-refractivity contribution in [2.45, 2.75) is 39.7 Å². The van der Waals surface area contributed by atoms with Crippen LogP contribution in [0.15, 0.2) is 12.1 Å². The maximum Gasteiger partial charge on any atom is 0.128 e. The van der Waals surface area contributed by atoms with Crippen LogP contribution in [-0.4, -0.2) is 24.6 Å². The van der Waals surface area contributed by atoms with Gasteiger partial charge in [0.1, 0.15) is 5.82 Å². The predicted molar refractivity (Wildman–Crippen MR) is 81.9 cm³/mol. The SMILES string of the molecule is CCNCc1nc(N2CCCC(CC)C2)ccc1Cl. The van der Waals surface area contributed by atoms with Gasteiger partial charge in [0, 0.05) is 19.6 Å². The zero-order valence-corrected chi connectivity index (χ0v) is 12.7. The van der Waals surface area contributed by atoms with Crippen LogP contribution >= 0.6 is 11.6 Å². The fourth-order valence-electron chi connectivity index (χ4n) is 2.62. The molecule has 2 heterocycles. The maximum absolute atomic E-state index is 6.21. The van der Waals surface area contributed by atoms with Gasteiger partial charge >= 0.3 is 0 Å². The molecule has 0 spiro atoms. The minimum Gasteiger partial charge on any atom is -0.356 e. The Kier molecular flexibility index (Phi) is 5.46. The molecule has 0 aromatic carbocycles. The van der Waals surface area contributed by atoms with Crippen LogP contribution in [0.2, 0.25) is 5.02 Å². The summed E-state index contributed by atoms with van der Waals surface area (Å²) in [5, 5.41) is 4.05. The van der Waals surface area contributed by atoms with Crippen molar-refractivity contribution in [3.8, 4) is 0 Å². The van der Waals surface area contributed by atoms with Crippen LogP contribution in [0.25, 0.3) is 0 Å². The molecular formula is C15H24ClN3. The van der Waals surface area contributed by atoms with E-state index in [4.69, 9.17) is 16.6 Å². The summed E-state index contributed by atoms with van der Waals surface area (Å²) in [5.74, 6) is 1.89. The minimum atomic E-state index is 0.744. The number of nitrogens with zero attached hydrogens (tertiary/aromatic N) is 2. The van der Waals surface area contributed by atoms with E-state index >= 15 is 0 Å². The first-order valence-electron chi connectivity index (χ1n) is 7.35. The Morgan fingerprint density at radius 3 is 3.00 bits per heavy atom. The molecule has 3 nitrogen and oxygen atoms in total. The van der Waals surface area contributed by atoms with Crippen LogP contribution in [0.3, 0.4) is 0 Å². The largest absolute Gasteiger partial charge is 0.356 e. The minimum absolute atomic E-state index is 0.744. The number of rotatable bonds is 5. The molecule has 1 aliphatic rings. The van der Waals surface area contributed by atoms with E-state index in [1.807, 2.05) is 6.07 Å². The molecule has 0 radical (unpaired) electrons. The van der Waals surface area contributed by atoms with Crippen molar-refractivity contribution in [3.05, 3.63) is 22.8 Å². The lowest BCUT2D eigenvalue weighted by Gasteiger charge is -2.33. The summed E-state index contributed by atoms with van der Waals surface area (Å²) in [7, 11) is 0. The molecule has 1 fully saturated rings. The number of aromatic nitrogens is 1. The van der Waals surface area contributed by atoms with E-state index in [1.54, 1.807) is 0 Å². The van der Waals surface area contributed by atoms with Gasteiger partial charge in [0.25, 0.3) is 0 Å². The summed E-state index contributed by atoms with van der Waals surface area (Å²) >= 11 is 6.21. The summed E-state index contributed by atoms with van der Waals surface area (Å²) in [5.41, 5.74) is 0.958. The quantitative estimate of drug-likeness (QED) is 0.896. The van der Waals surface area contributed by atoms with E-state index < -0.39 is 0 Å². The molecule has 0 saturated carbocycles. The van der Waals surface area contributed by atoms with Gasteiger partial charge in [0.15, 0.2) is 0 Å². The molecule has 0 aliphatic carbocycles. The highest BCUT2D eigenvalue weighted by Gasteiger charge is 2.20. The van der Waals surface area contributed by atoms with Crippen molar-refractivity contribution >= 4 is 17.4 Å². The Morgan fingerprint density at radius 2 is 2.26 bits per heavy atom. The van der Waals surface area contributed by atoms with Gasteiger partial charge in [-0.05, 0) is 37.4 Å². The smallest absolute Gasteiger partial charge is 0.128 e. The van der Waals surface area contributed by atoms with Gasteiger partial charge < -0.3 is 10.2 Å². The van der Waals surface area contributed by atoms with Crippen LogP contribution < -0.4 is 10.2 Å². The molecule has 4 heteroatoms. The lowest BCUT2D eigenvalue weighted by atomic mass is 9.96. The Hall–Kier alpha value is -0.800. The number of piperidine rings is 1. The second kappa shape index (κ2) is 7.11. The highest BCUT2D eigenvalue weighted by Crippen LogP contribution is 2.25. The summed E-state index contributed by atoms with van der Waals surface area (Å²) < 4.78 is 0. The van der Waals surface area contributed by atoms with Crippen molar-refractivity contribution in [2.24, 2.45) is 5.92 Å². The third-order valence-electron chi connectivity index (χ3n) is 3.87. The normalized spacial score (nSPS) is 19.7. The molecule has 1 saturated heterocycles. The second-order valence-corrected chi connectivity index (χ2v) is 5.65. The fraction of sp³-hybridized carbons (Fsp3) is 0.667. The maximum atomic E-state index is 6.21. The average Bonchev–Trinajstić information content (AvgIpc) is 2.46. The van der Waals surface area contributed by atoms with Crippen LogP contribution in [0.1, 0.15) is 38.8 Å². The Balaban J connectivity index is 2.10. The van der Waals surface area contributed by atoms with Gasteiger partial charge in [-0.25, -0.2) is 4.98 Å². The number of halogens is 1. The molecule has 2 rings (SSSR count). The zero-order chi connectivity index (χ0) is 13.7. The van der Waals surface area contributed by atoms with E-state index in [1.165, 1.54) is 19.3 Å². The van der Waals surface area contributed by atoms with Crippen LogP contribution in [0.4, 0.5) is 5.82 Å². The standard InChI is InChI=1S/C15H24ClN3/c1-3-12-6-5-9-19(11-12)15-8-7-13(16)14(18-15)10-17-4-2/h7-8,12,17H,3-6,9-11H2,1-2H3. The van der Waals surface area contributed by atoms with Gasteiger partial charge in [-0.15, -0.1) is 0 Å². The number of hydrogen-bond donors (Lipinski definition) is 1. The molecule has 1 aliphatic heterocycles. The topological polar surface area (TPSA) is 28.2 Å². The summed E-state index contributed by atoms with van der Waals surface area (Å²) in [4.78, 5) is 7.14. The molecule has 1 unspecified atom stereocenters. The molecule has 1 atom stereocenters. The van der Waals surface area contributed by atoms with E-state index in [0.29, 0.717) is 0 Å². The third kappa shape index (κ3) is 3.83. The van der Waals surface area contributed by atoms with Crippen molar-refractivity contribution in [1.82, 2.24) is 10.3 Å². The van der Waals surface area contributed by atoms with Gasteiger partial charge in [-0.3, -0.25) is 0 Å². The van der Waals surface area contributed by atoms with E-state index in [-0.39, 0.29) is 0 Å². The molecular weight excluding hydrogens is 258 g/mol. The first-order chi connectivity index (χ1) is 9.24. The summed E-state index contributed by atoms with van der Waals surface area (Å²) in [6.45, 7) is 8.30. The molecule has 0 bridgehead atoms. The van der Waals surface area contributed by atoms with Gasteiger partial charge in [-0.1, -0.05) is 31.9 Å². The Morgan fingerprint density at radius 1 is 1.42 bits per heavy atom. The zero-order valence-electron chi connectivity index (χ0n) is 12.0. The predicted octanol–water partition coefficient (Wildman–Crippen LogP) is 3.47. The van der Waals surface area contributed by atoms with Crippen LogP contribution in [-0.2, 0) is 6.54 Å². The Labute approximate surface area is 121 Å².